The molecule has 0 aliphatic carbocycles. The molecule has 2 N–H and O–H groups in total. The van der Waals surface area contributed by atoms with Gasteiger partial charge in [-0.15, -0.1) is 0 Å². The van der Waals surface area contributed by atoms with Gasteiger partial charge in [-0.25, -0.2) is 13.1 Å². The van der Waals surface area contributed by atoms with Gasteiger partial charge in [0.05, 0.1) is 6.26 Å². The standard InChI is InChI=1S/C13H26N2O4S/c1-10(2)8-12(14-20(3,18)19)13(17)15-6-4-11(9-15)5-7-16/h10-12,14,16H,4-9H2,1-3H3. The Bertz CT molecular complexity index is 422. The number of amides is 1. The van der Waals surface area contributed by atoms with Crippen LogP contribution in [0.2, 0.25) is 0 Å². The molecule has 0 spiro atoms. The highest BCUT2D eigenvalue weighted by atomic mass is 32.2. The predicted molar refractivity (Wildman–Crippen MR) is 77.6 cm³/mol. The molecule has 0 bridgehead atoms. The Balaban J connectivity index is 2.68. The fourth-order valence-corrected chi connectivity index (χ4v) is 3.31. The van der Waals surface area contributed by atoms with Gasteiger partial charge in [0.1, 0.15) is 6.04 Å². The summed E-state index contributed by atoms with van der Waals surface area (Å²) in [6, 6.07) is -0.683. The van der Waals surface area contributed by atoms with Gasteiger partial charge in [0.2, 0.25) is 15.9 Å². The maximum absolute atomic E-state index is 12.4. The molecule has 0 radical (unpaired) electrons. The minimum atomic E-state index is -3.40. The van der Waals surface area contributed by atoms with Crippen LogP contribution in [0.4, 0.5) is 0 Å². The molecular formula is C13H26N2O4S. The maximum atomic E-state index is 12.4. The molecule has 1 amide bonds. The van der Waals surface area contributed by atoms with E-state index < -0.39 is 16.1 Å². The summed E-state index contributed by atoms with van der Waals surface area (Å²) in [7, 11) is -3.40. The second kappa shape index (κ2) is 7.38. The lowest BCUT2D eigenvalue weighted by molar-refractivity contribution is -0.132. The van der Waals surface area contributed by atoms with Gasteiger partial charge in [-0.2, -0.15) is 0 Å². The molecule has 2 atom stereocenters. The largest absolute Gasteiger partial charge is 0.396 e. The van der Waals surface area contributed by atoms with Gasteiger partial charge >= 0.3 is 0 Å². The van der Waals surface area contributed by atoms with Gasteiger partial charge in [-0.05, 0) is 31.1 Å². The highest BCUT2D eigenvalue weighted by Gasteiger charge is 2.32. The fraction of sp³-hybridized carbons (Fsp3) is 0.923. The number of nitrogens with one attached hydrogen (secondary N) is 1. The van der Waals surface area contributed by atoms with Crippen molar-refractivity contribution in [2.45, 2.75) is 39.2 Å². The Morgan fingerprint density at radius 3 is 2.60 bits per heavy atom. The van der Waals surface area contributed by atoms with Crippen molar-refractivity contribution >= 4 is 15.9 Å². The maximum Gasteiger partial charge on any atom is 0.240 e. The molecule has 0 aromatic rings. The van der Waals surface area contributed by atoms with Crippen LogP contribution in [0.15, 0.2) is 0 Å². The second-order valence-electron chi connectivity index (χ2n) is 6.02. The van der Waals surface area contributed by atoms with Crippen molar-refractivity contribution in [3.63, 3.8) is 0 Å². The zero-order valence-corrected chi connectivity index (χ0v) is 13.3. The van der Waals surface area contributed by atoms with Crippen LogP contribution >= 0.6 is 0 Å². The van der Waals surface area contributed by atoms with Crippen LogP contribution in [-0.4, -0.2) is 56.3 Å². The minimum absolute atomic E-state index is 0.129. The molecule has 7 heteroatoms. The lowest BCUT2D eigenvalue weighted by Gasteiger charge is -2.25. The number of carbonyl (C=O) groups is 1. The Labute approximate surface area is 121 Å². The summed E-state index contributed by atoms with van der Waals surface area (Å²) in [6.07, 6.45) is 3.14. The van der Waals surface area contributed by atoms with E-state index in [0.717, 1.165) is 12.7 Å². The highest BCUT2D eigenvalue weighted by Crippen LogP contribution is 2.21. The molecule has 118 valence electrons. The molecule has 1 saturated heterocycles. The van der Waals surface area contributed by atoms with Crippen molar-refractivity contribution in [3.8, 4) is 0 Å². The van der Waals surface area contributed by atoms with Gasteiger partial charge in [-0.3, -0.25) is 4.79 Å². The molecule has 1 fully saturated rings. The summed E-state index contributed by atoms with van der Waals surface area (Å²) < 4.78 is 25.2. The molecule has 0 aromatic carbocycles. The molecule has 0 aromatic heterocycles. The summed E-state index contributed by atoms with van der Waals surface area (Å²) >= 11 is 0. The molecule has 1 rings (SSSR count). The van der Waals surface area contributed by atoms with Crippen LogP contribution in [0, 0.1) is 11.8 Å². The van der Waals surface area contributed by atoms with Crippen LogP contribution < -0.4 is 4.72 Å². The first-order chi connectivity index (χ1) is 9.23. The van der Waals surface area contributed by atoms with Crippen LogP contribution in [0.3, 0.4) is 0 Å². The molecule has 2 unspecified atom stereocenters. The van der Waals surface area contributed by atoms with Crippen molar-refractivity contribution in [1.29, 1.82) is 0 Å². The van der Waals surface area contributed by atoms with E-state index in [1.165, 1.54) is 0 Å². The number of hydrogen-bond donors (Lipinski definition) is 2. The number of sulfonamides is 1. The van der Waals surface area contributed by atoms with Gasteiger partial charge in [-0.1, -0.05) is 13.8 Å². The smallest absolute Gasteiger partial charge is 0.240 e. The second-order valence-corrected chi connectivity index (χ2v) is 7.80. The van der Waals surface area contributed by atoms with E-state index in [1.807, 2.05) is 13.8 Å². The van der Waals surface area contributed by atoms with Crippen LogP contribution in [0.5, 0.6) is 0 Å². The van der Waals surface area contributed by atoms with Crippen molar-refractivity contribution < 1.29 is 18.3 Å². The highest BCUT2D eigenvalue weighted by molar-refractivity contribution is 7.88. The number of carbonyl (C=O) groups excluding carboxylic acids is 1. The van der Waals surface area contributed by atoms with Gasteiger partial charge in [0, 0.05) is 19.7 Å². The zero-order chi connectivity index (χ0) is 15.3. The first kappa shape index (κ1) is 17.4. The lowest BCUT2D eigenvalue weighted by atomic mass is 10.0. The number of aliphatic hydroxyl groups excluding tert-OH is 1. The Morgan fingerprint density at radius 1 is 1.45 bits per heavy atom. The molecule has 1 heterocycles. The average Bonchev–Trinajstić information content (AvgIpc) is 2.73. The third kappa shape index (κ3) is 5.76. The molecule has 1 aliphatic rings. The SMILES string of the molecule is CC(C)CC(NS(C)(=O)=O)C(=O)N1CCC(CCO)C1. The van der Waals surface area contributed by atoms with Crippen molar-refractivity contribution in [2.24, 2.45) is 11.8 Å². The number of aliphatic hydroxyl groups is 1. The quantitative estimate of drug-likeness (QED) is 0.702. The monoisotopic (exact) mass is 306 g/mol. The number of likely N-dealkylation sites (tertiary alicyclic amines) is 1. The molecular weight excluding hydrogens is 280 g/mol. The van der Waals surface area contributed by atoms with E-state index in [9.17, 15) is 13.2 Å². The number of hydrogen-bond acceptors (Lipinski definition) is 4. The predicted octanol–water partition coefficient (Wildman–Crippen LogP) is 0.181. The van der Waals surface area contributed by atoms with E-state index in [-0.39, 0.29) is 18.4 Å². The summed E-state index contributed by atoms with van der Waals surface area (Å²) in [5.41, 5.74) is 0. The van der Waals surface area contributed by atoms with Crippen molar-refractivity contribution in [3.05, 3.63) is 0 Å². The van der Waals surface area contributed by atoms with E-state index in [2.05, 4.69) is 4.72 Å². The van der Waals surface area contributed by atoms with E-state index in [4.69, 9.17) is 5.11 Å². The van der Waals surface area contributed by atoms with E-state index in [0.29, 0.717) is 31.8 Å². The van der Waals surface area contributed by atoms with Crippen LogP contribution in [0.25, 0.3) is 0 Å². The first-order valence-corrected chi connectivity index (χ1v) is 8.99. The van der Waals surface area contributed by atoms with Gasteiger partial charge in [0.15, 0.2) is 0 Å². The summed E-state index contributed by atoms with van der Waals surface area (Å²) in [4.78, 5) is 14.2. The third-order valence-electron chi connectivity index (χ3n) is 3.50. The zero-order valence-electron chi connectivity index (χ0n) is 12.5. The minimum Gasteiger partial charge on any atom is -0.396 e. The normalized spacial score (nSPS) is 21.4. The van der Waals surface area contributed by atoms with Gasteiger partial charge < -0.3 is 10.0 Å². The fourth-order valence-electron chi connectivity index (χ4n) is 2.60. The summed E-state index contributed by atoms with van der Waals surface area (Å²) in [5.74, 6) is 0.403. The first-order valence-electron chi connectivity index (χ1n) is 7.10. The topological polar surface area (TPSA) is 86.7 Å². The number of nitrogens with zero attached hydrogens (tertiary/aromatic N) is 1. The lowest BCUT2D eigenvalue weighted by Crippen LogP contribution is -2.48. The summed E-state index contributed by atoms with van der Waals surface area (Å²) in [5, 5.41) is 8.94. The van der Waals surface area contributed by atoms with Gasteiger partial charge in [0.25, 0.3) is 0 Å². The number of rotatable bonds is 7. The average molecular weight is 306 g/mol. The van der Waals surface area contributed by atoms with Crippen LogP contribution in [-0.2, 0) is 14.8 Å². The molecule has 6 nitrogen and oxygen atoms in total. The van der Waals surface area contributed by atoms with Crippen molar-refractivity contribution in [2.75, 3.05) is 26.0 Å². The molecule has 20 heavy (non-hydrogen) atoms. The Morgan fingerprint density at radius 2 is 2.10 bits per heavy atom. The molecule has 1 aliphatic heterocycles. The van der Waals surface area contributed by atoms with Crippen molar-refractivity contribution in [1.82, 2.24) is 9.62 Å². The third-order valence-corrected chi connectivity index (χ3v) is 4.21. The Hall–Kier alpha value is -0.660. The Kier molecular flexibility index (Phi) is 6.42. The van der Waals surface area contributed by atoms with Crippen LogP contribution in [0.1, 0.15) is 33.1 Å². The van der Waals surface area contributed by atoms with E-state index >= 15 is 0 Å². The summed E-state index contributed by atoms with van der Waals surface area (Å²) in [6.45, 7) is 5.30. The van der Waals surface area contributed by atoms with E-state index in [1.54, 1.807) is 4.90 Å². The molecule has 0 saturated carbocycles.